The van der Waals surface area contributed by atoms with E-state index in [1.54, 1.807) is 59.4 Å². The Kier molecular flexibility index (Phi) is 7.12. The lowest BCUT2D eigenvalue weighted by atomic mass is 10.1. The van der Waals surface area contributed by atoms with Crippen LogP contribution in [0.25, 0.3) is 0 Å². The first-order chi connectivity index (χ1) is 13.0. The Bertz CT molecular complexity index is 851. The van der Waals surface area contributed by atoms with Crippen LogP contribution in [-0.4, -0.2) is 62.0 Å². The monoisotopic (exact) mass is 405 g/mol. The van der Waals surface area contributed by atoms with Gasteiger partial charge in [0.05, 0.1) is 14.2 Å². The summed E-state index contributed by atoms with van der Waals surface area (Å²) in [5.41, 5.74) is 7.41. The van der Waals surface area contributed by atoms with Gasteiger partial charge in [-0.3, -0.25) is 9.59 Å². The van der Waals surface area contributed by atoms with Crippen LogP contribution in [0.1, 0.15) is 20.7 Å². The van der Waals surface area contributed by atoms with E-state index in [2.05, 4.69) is 0 Å². The molecule has 3 rings (SSSR count). The molecule has 1 heterocycles. The highest BCUT2D eigenvalue weighted by atomic mass is 35.5. The lowest BCUT2D eigenvalue weighted by molar-refractivity contribution is 0.0535. The zero-order chi connectivity index (χ0) is 19.4. The van der Waals surface area contributed by atoms with Crippen molar-refractivity contribution in [2.24, 2.45) is 0 Å². The van der Waals surface area contributed by atoms with Gasteiger partial charge >= 0.3 is 0 Å². The van der Waals surface area contributed by atoms with Gasteiger partial charge in [-0.25, -0.2) is 0 Å². The molecule has 28 heavy (non-hydrogen) atoms. The zero-order valence-corrected chi connectivity index (χ0v) is 16.7. The van der Waals surface area contributed by atoms with Gasteiger partial charge in [0.2, 0.25) is 0 Å². The van der Waals surface area contributed by atoms with Gasteiger partial charge in [0.15, 0.2) is 11.5 Å². The van der Waals surface area contributed by atoms with Gasteiger partial charge < -0.3 is 25.0 Å². The Hall–Kier alpha value is -2.93. The number of benzene rings is 2. The number of ether oxygens (including phenoxy) is 2. The lowest BCUT2D eigenvalue weighted by Crippen LogP contribution is -2.50. The fourth-order valence-corrected chi connectivity index (χ4v) is 3.12. The lowest BCUT2D eigenvalue weighted by Gasteiger charge is -2.35. The summed E-state index contributed by atoms with van der Waals surface area (Å²) in [7, 11) is 3.09. The highest BCUT2D eigenvalue weighted by molar-refractivity contribution is 5.96. The average molecular weight is 406 g/mol. The summed E-state index contributed by atoms with van der Waals surface area (Å²) in [5, 5.41) is 0. The van der Waals surface area contributed by atoms with Crippen LogP contribution in [0.4, 0.5) is 5.69 Å². The van der Waals surface area contributed by atoms with E-state index in [-0.39, 0.29) is 24.2 Å². The van der Waals surface area contributed by atoms with Crippen LogP contribution in [-0.2, 0) is 0 Å². The van der Waals surface area contributed by atoms with Gasteiger partial charge in [-0.15, -0.1) is 12.4 Å². The molecule has 150 valence electrons. The first-order valence-electron chi connectivity index (χ1n) is 8.69. The standard InChI is InChI=1S/C20H23N3O4.ClH/c1-26-17-7-6-15(13-18(17)27-2)20(25)23-10-8-22(9-11-23)19(24)14-4-3-5-16(21)12-14;/h3-7,12-13H,8-11,21H2,1-2H3;1H. The number of nitrogens with two attached hydrogens (primary N) is 1. The second-order valence-corrected chi connectivity index (χ2v) is 6.28. The maximum Gasteiger partial charge on any atom is 0.254 e. The second-order valence-electron chi connectivity index (χ2n) is 6.28. The van der Waals surface area contributed by atoms with Gasteiger partial charge in [0, 0.05) is 43.0 Å². The number of nitrogens with zero attached hydrogens (tertiary/aromatic N) is 2. The van der Waals surface area contributed by atoms with Crippen molar-refractivity contribution in [1.82, 2.24) is 9.80 Å². The minimum absolute atomic E-state index is 0. The van der Waals surface area contributed by atoms with Crippen molar-refractivity contribution in [3.8, 4) is 11.5 Å². The summed E-state index contributed by atoms with van der Waals surface area (Å²) in [6.07, 6.45) is 0. The number of anilines is 1. The average Bonchev–Trinajstić information content (AvgIpc) is 2.72. The Morgan fingerprint density at radius 2 is 1.36 bits per heavy atom. The second kappa shape index (κ2) is 9.32. The molecule has 0 spiro atoms. The zero-order valence-electron chi connectivity index (χ0n) is 15.9. The number of hydrogen-bond acceptors (Lipinski definition) is 5. The van der Waals surface area contributed by atoms with E-state index in [1.165, 1.54) is 7.11 Å². The highest BCUT2D eigenvalue weighted by Gasteiger charge is 2.26. The summed E-state index contributed by atoms with van der Waals surface area (Å²) < 4.78 is 10.5. The molecule has 1 fully saturated rings. The number of rotatable bonds is 4. The van der Waals surface area contributed by atoms with Crippen LogP contribution < -0.4 is 15.2 Å². The number of nitrogen functional groups attached to an aromatic ring is 1. The molecule has 8 heteroatoms. The molecule has 0 radical (unpaired) electrons. The van der Waals surface area contributed by atoms with Crippen molar-refractivity contribution < 1.29 is 19.1 Å². The molecule has 0 atom stereocenters. The van der Waals surface area contributed by atoms with Crippen LogP contribution in [0.3, 0.4) is 0 Å². The van der Waals surface area contributed by atoms with Crippen LogP contribution in [0.15, 0.2) is 42.5 Å². The number of hydrogen-bond donors (Lipinski definition) is 1. The van der Waals surface area contributed by atoms with E-state index < -0.39 is 0 Å². The molecule has 2 amide bonds. The number of carbonyl (C=O) groups is 2. The van der Waals surface area contributed by atoms with Crippen molar-refractivity contribution in [3.63, 3.8) is 0 Å². The van der Waals surface area contributed by atoms with E-state index >= 15 is 0 Å². The SMILES string of the molecule is COc1ccc(C(=O)N2CCN(C(=O)c3cccc(N)c3)CC2)cc1OC.Cl. The van der Waals surface area contributed by atoms with Crippen molar-refractivity contribution in [2.75, 3.05) is 46.1 Å². The Balaban J connectivity index is 0.00000280. The smallest absolute Gasteiger partial charge is 0.254 e. The normalized spacial score (nSPS) is 13.5. The predicted molar refractivity (Wildman–Crippen MR) is 109 cm³/mol. The summed E-state index contributed by atoms with van der Waals surface area (Å²) >= 11 is 0. The van der Waals surface area contributed by atoms with E-state index in [0.29, 0.717) is 54.5 Å². The van der Waals surface area contributed by atoms with Crippen LogP contribution in [0.5, 0.6) is 11.5 Å². The third-order valence-corrected chi connectivity index (χ3v) is 4.62. The number of halogens is 1. The van der Waals surface area contributed by atoms with E-state index in [0.717, 1.165) is 0 Å². The number of methoxy groups -OCH3 is 2. The van der Waals surface area contributed by atoms with Gasteiger partial charge in [0.1, 0.15) is 0 Å². The molecule has 1 saturated heterocycles. The van der Waals surface area contributed by atoms with Crippen LogP contribution >= 0.6 is 12.4 Å². The predicted octanol–water partition coefficient (Wildman–Crippen LogP) is 2.31. The minimum atomic E-state index is -0.0907. The summed E-state index contributed by atoms with van der Waals surface area (Å²) in [6.45, 7) is 1.90. The Labute approximate surface area is 170 Å². The van der Waals surface area contributed by atoms with E-state index in [9.17, 15) is 9.59 Å². The molecular formula is C20H24ClN3O4. The summed E-state index contributed by atoms with van der Waals surface area (Å²) in [6, 6.07) is 12.0. The molecule has 2 N–H and O–H groups in total. The third-order valence-electron chi connectivity index (χ3n) is 4.62. The highest BCUT2D eigenvalue weighted by Crippen LogP contribution is 2.28. The summed E-state index contributed by atoms with van der Waals surface area (Å²) in [4.78, 5) is 28.8. The molecule has 0 aromatic heterocycles. The molecule has 0 unspecified atom stereocenters. The first kappa shape index (κ1) is 21.4. The largest absolute Gasteiger partial charge is 0.493 e. The van der Waals surface area contributed by atoms with Crippen molar-refractivity contribution in [2.45, 2.75) is 0 Å². The Morgan fingerprint density at radius 3 is 1.86 bits per heavy atom. The van der Waals surface area contributed by atoms with Gasteiger partial charge in [-0.1, -0.05) is 6.07 Å². The topological polar surface area (TPSA) is 85.1 Å². The fraction of sp³-hybridized carbons (Fsp3) is 0.300. The van der Waals surface area contributed by atoms with Gasteiger partial charge in [-0.05, 0) is 36.4 Å². The number of amides is 2. The Morgan fingerprint density at radius 1 is 0.821 bits per heavy atom. The van der Waals surface area contributed by atoms with E-state index in [1.807, 2.05) is 0 Å². The molecule has 2 aromatic rings. The number of piperazine rings is 1. The van der Waals surface area contributed by atoms with E-state index in [4.69, 9.17) is 15.2 Å². The fourth-order valence-electron chi connectivity index (χ4n) is 3.12. The number of carbonyl (C=O) groups excluding carboxylic acids is 2. The molecular weight excluding hydrogens is 382 g/mol. The van der Waals surface area contributed by atoms with Gasteiger partial charge in [0.25, 0.3) is 11.8 Å². The molecule has 0 bridgehead atoms. The molecule has 1 aliphatic heterocycles. The van der Waals surface area contributed by atoms with Gasteiger partial charge in [-0.2, -0.15) is 0 Å². The maximum absolute atomic E-state index is 12.8. The molecule has 2 aromatic carbocycles. The molecule has 0 aliphatic carbocycles. The molecule has 1 aliphatic rings. The summed E-state index contributed by atoms with van der Waals surface area (Å²) in [5.74, 6) is 0.929. The van der Waals surface area contributed by atoms with Crippen molar-refractivity contribution in [3.05, 3.63) is 53.6 Å². The third kappa shape index (κ3) is 4.48. The quantitative estimate of drug-likeness (QED) is 0.789. The van der Waals surface area contributed by atoms with Crippen LogP contribution in [0.2, 0.25) is 0 Å². The molecule has 7 nitrogen and oxygen atoms in total. The van der Waals surface area contributed by atoms with Crippen LogP contribution in [0, 0.1) is 0 Å². The van der Waals surface area contributed by atoms with Crippen molar-refractivity contribution in [1.29, 1.82) is 0 Å². The minimum Gasteiger partial charge on any atom is -0.493 e. The first-order valence-corrected chi connectivity index (χ1v) is 8.69. The van der Waals surface area contributed by atoms with Crippen molar-refractivity contribution >= 4 is 29.9 Å². The molecule has 0 saturated carbocycles. The maximum atomic E-state index is 12.8.